The Morgan fingerprint density at radius 3 is 2.35 bits per heavy atom. The third kappa shape index (κ3) is 3.76. The van der Waals surface area contributed by atoms with Gasteiger partial charge in [-0.25, -0.2) is 0 Å². The summed E-state index contributed by atoms with van der Waals surface area (Å²) in [6.07, 6.45) is -2.76. The molecule has 3 nitrogen and oxygen atoms in total. The molecule has 0 heterocycles. The van der Waals surface area contributed by atoms with Crippen LogP contribution in [0.3, 0.4) is 0 Å². The van der Waals surface area contributed by atoms with E-state index in [0.717, 1.165) is 27.8 Å². The van der Waals surface area contributed by atoms with Crippen LogP contribution in [0, 0.1) is 17.3 Å². The number of methoxy groups -OCH3 is 1. The van der Waals surface area contributed by atoms with Crippen molar-refractivity contribution in [3.63, 3.8) is 0 Å². The molecule has 0 unspecified atom stereocenters. The van der Waals surface area contributed by atoms with Gasteiger partial charge in [0.25, 0.3) is 0 Å². The second kappa shape index (κ2) is 8.73. The highest BCUT2D eigenvalue weighted by atomic mass is 19.4. The summed E-state index contributed by atoms with van der Waals surface area (Å²) in [4.78, 5) is 12.1. The van der Waals surface area contributed by atoms with Gasteiger partial charge in [-0.15, -0.1) is 0 Å². The van der Waals surface area contributed by atoms with Gasteiger partial charge in [-0.1, -0.05) is 36.8 Å². The quantitative estimate of drug-likeness (QED) is 0.423. The first-order valence-electron chi connectivity index (χ1n) is 13.0. The first-order chi connectivity index (χ1) is 17.2. The van der Waals surface area contributed by atoms with E-state index in [2.05, 4.69) is 0 Å². The monoisotopic (exact) mass is 524 g/mol. The molecule has 1 aromatic rings. The van der Waals surface area contributed by atoms with Crippen LogP contribution >= 0.6 is 0 Å². The van der Waals surface area contributed by atoms with Crippen molar-refractivity contribution in [3.05, 3.63) is 58.2 Å². The van der Waals surface area contributed by atoms with Crippen molar-refractivity contribution in [1.82, 2.24) is 0 Å². The third-order valence-electron chi connectivity index (χ3n) is 9.92. The van der Waals surface area contributed by atoms with Crippen molar-refractivity contribution in [2.75, 3.05) is 7.11 Å². The zero-order valence-electron chi connectivity index (χ0n) is 21.3. The van der Waals surface area contributed by atoms with E-state index < -0.39 is 41.4 Å². The largest absolute Gasteiger partial charge is 0.456 e. The number of benzene rings is 1. The molecule has 2 saturated carbocycles. The molecule has 0 aromatic heterocycles. The molecule has 0 amide bonds. The van der Waals surface area contributed by atoms with E-state index in [4.69, 9.17) is 4.74 Å². The Labute approximate surface area is 213 Å². The molecule has 8 heteroatoms. The van der Waals surface area contributed by atoms with E-state index in [9.17, 15) is 23.1 Å². The summed E-state index contributed by atoms with van der Waals surface area (Å²) < 4.78 is 76.4. The van der Waals surface area contributed by atoms with E-state index in [0.29, 0.717) is 25.7 Å². The lowest BCUT2D eigenvalue weighted by molar-refractivity contribution is -0.362. The van der Waals surface area contributed by atoms with Crippen molar-refractivity contribution < 1.29 is 36.6 Å². The summed E-state index contributed by atoms with van der Waals surface area (Å²) in [5.74, 6) is -6.32. The Morgan fingerprint density at radius 1 is 1.05 bits per heavy atom. The fourth-order valence-electron chi connectivity index (χ4n) is 7.85. The van der Waals surface area contributed by atoms with Gasteiger partial charge in [0.1, 0.15) is 5.60 Å². The molecule has 1 aromatic carbocycles. The van der Waals surface area contributed by atoms with E-state index >= 15 is 8.78 Å². The van der Waals surface area contributed by atoms with Crippen molar-refractivity contribution in [2.24, 2.45) is 17.3 Å². The van der Waals surface area contributed by atoms with E-state index in [1.807, 2.05) is 31.2 Å². The minimum Gasteiger partial charge on any atom is -0.383 e. The van der Waals surface area contributed by atoms with E-state index in [-0.39, 0.29) is 30.6 Å². The molecule has 2 fully saturated rings. The number of carbonyl (C=O) groups excluding carboxylic acids is 1. The zero-order chi connectivity index (χ0) is 27.0. The number of hydrogen-bond acceptors (Lipinski definition) is 3. The number of alkyl halides is 5. The smallest absolute Gasteiger partial charge is 0.383 e. The van der Waals surface area contributed by atoms with E-state index in [1.54, 1.807) is 13.2 Å². The maximum absolute atomic E-state index is 15.0. The van der Waals surface area contributed by atoms with Crippen LogP contribution in [0.2, 0.25) is 0 Å². The van der Waals surface area contributed by atoms with Crippen molar-refractivity contribution in [2.45, 2.75) is 88.5 Å². The van der Waals surface area contributed by atoms with Crippen molar-refractivity contribution >= 4 is 5.78 Å². The molecule has 0 spiro atoms. The lowest BCUT2D eigenvalue weighted by Gasteiger charge is -2.56. The van der Waals surface area contributed by atoms with Gasteiger partial charge in [0, 0.05) is 24.9 Å². The Balaban J connectivity index is 1.67. The maximum atomic E-state index is 15.0. The molecule has 5 rings (SSSR count). The number of ether oxygens (including phenoxy) is 1. The van der Waals surface area contributed by atoms with E-state index in [1.165, 1.54) is 6.92 Å². The molecule has 4 aliphatic carbocycles. The predicted molar refractivity (Wildman–Crippen MR) is 128 cm³/mol. The van der Waals surface area contributed by atoms with Crippen molar-refractivity contribution in [1.29, 1.82) is 0 Å². The molecule has 4 aliphatic rings. The van der Waals surface area contributed by atoms with Crippen LogP contribution in [0.5, 0.6) is 0 Å². The van der Waals surface area contributed by atoms with Gasteiger partial charge in [-0.3, -0.25) is 4.79 Å². The molecular formula is C29H33F5O3. The van der Waals surface area contributed by atoms with Crippen LogP contribution in [-0.4, -0.2) is 35.7 Å². The van der Waals surface area contributed by atoms with Crippen LogP contribution in [0.15, 0.2) is 47.1 Å². The lowest BCUT2D eigenvalue weighted by Crippen LogP contribution is -2.65. The summed E-state index contributed by atoms with van der Waals surface area (Å²) in [6.45, 7) is 3.34. The number of aliphatic hydroxyl groups is 1. The fraction of sp³-hybridized carbons (Fsp3) is 0.621. The normalized spacial score (nSPS) is 35.0. The SMILES string of the molecule is CO[C@H](C)c1ccc([C@H]2C[C@@]3(C)[C@@H](CC[C@@]3(O)C(F)(F)C(F)(F)F)[C@@H]3CCC4=CC(=O)CCC4=C32)cc1. The van der Waals surface area contributed by atoms with Crippen LogP contribution in [0.25, 0.3) is 0 Å². The van der Waals surface area contributed by atoms with Gasteiger partial charge in [0.05, 0.1) is 6.10 Å². The van der Waals surface area contributed by atoms with Gasteiger partial charge < -0.3 is 9.84 Å². The zero-order valence-corrected chi connectivity index (χ0v) is 21.3. The molecular weight excluding hydrogens is 491 g/mol. The topological polar surface area (TPSA) is 46.5 Å². The molecule has 0 aliphatic heterocycles. The van der Waals surface area contributed by atoms with Gasteiger partial charge in [0.2, 0.25) is 0 Å². The summed E-state index contributed by atoms with van der Waals surface area (Å²) in [7, 11) is 1.60. The number of hydrogen-bond donors (Lipinski definition) is 1. The molecule has 1 N–H and O–H groups in total. The predicted octanol–water partition coefficient (Wildman–Crippen LogP) is 7.22. The van der Waals surface area contributed by atoms with Crippen LogP contribution in [-0.2, 0) is 9.53 Å². The first-order valence-corrected chi connectivity index (χ1v) is 13.0. The van der Waals surface area contributed by atoms with Gasteiger partial charge >= 0.3 is 12.1 Å². The molecule has 0 bridgehead atoms. The highest BCUT2D eigenvalue weighted by Gasteiger charge is 2.79. The maximum Gasteiger partial charge on any atom is 0.456 e. The van der Waals surface area contributed by atoms with Gasteiger partial charge in [0.15, 0.2) is 5.78 Å². The number of carbonyl (C=O) groups is 1. The standard InChI is InChI=1S/C29H33F5O3/c1-16(37-3)17-4-6-18(7-5-17)23-15-26(2)24(12-13-27(26,36)28(30,31)29(32,33)34)22-10-8-19-14-20(35)9-11-21(19)25(22)23/h4-7,14,16,22-24,36H,8-13,15H2,1-3H3/t16-,22+,23-,24+,26+,27+/m1/s1. The number of allylic oxidation sites excluding steroid dienone is 4. The Morgan fingerprint density at radius 2 is 1.73 bits per heavy atom. The average molecular weight is 525 g/mol. The molecule has 0 radical (unpaired) electrons. The Hall–Kier alpha value is -2.06. The minimum absolute atomic E-state index is 0.0183. The molecule has 0 saturated heterocycles. The summed E-state index contributed by atoms with van der Waals surface area (Å²) in [6, 6.07) is 7.58. The number of halogens is 5. The Bertz CT molecular complexity index is 1150. The summed E-state index contributed by atoms with van der Waals surface area (Å²) in [5, 5.41) is 11.3. The summed E-state index contributed by atoms with van der Waals surface area (Å²) in [5.41, 5.74) is 0.0103. The highest BCUT2D eigenvalue weighted by Crippen LogP contribution is 2.70. The first kappa shape index (κ1) is 26.5. The average Bonchev–Trinajstić information content (AvgIpc) is 3.13. The minimum atomic E-state index is -5.85. The molecule has 6 atom stereocenters. The van der Waals surface area contributed by atoms with Crippen LogP contribution in [0.4, 0.5) is 22.0 Å². The Kier molecular flexibility index (Phi) is 6.26. The second-order valence-corrected chi connectivity index (χ2v) is 11.5. The summed E-state index contributed by atoms with van der Waals surface area (Å²) >= 11 is 0. The number of fused-ring (bicyclic) bond motifs is 4. The number of rotatable bonds is 4. The highest BCUT2D eigenvalue weighted by molar-refractivity contribution is 5.93. The van der Waals surface area contributed by atoms with Crippen LogP contribution < -0.4 is 0 Å². The fourth-order valence-corrected chi connectivity index (χ4v) is 7.85. The van der Waals surface area contributed by atoms with Crippen molar-refractivity contribution in [3.8, 4) is 0 Å². The third-order valence-corrected chi connectivity index (χ3v) is 9.92. The van der Waals surface area contributed by atoms with Gasteiger partial charge in [-0.2, -0.15) is 22.0 Å². The molecule has 37 heavy (non-hydrogen) atoms. The van der Waals surface area contributed by atoms with Crippen LogP contribution in [0.1, 0.15) is 81.9 Å². The second-order valence-electron chi connectivity index (χ2n) is 11.5. The van der Waals surface area contributed by atoms with Gasteiger partial charge in [-0.05, 0) is 85.6 Å². The molecule has 202 valence electrons. The lowest BCUT2D eigenvalue weighted by atomic mass is 9.50. The number of ketones is 1.